The largest absolute Gasteiger partial charge is 0.456 e. The van der Waals surface area contributed by atoms with Gasteiger partial charge < -0.3 is 18.1 Å². The van der Waals surface area contributed by atoms with Gasteiger partial charge in [-0.25, -0.2) is 0 Å². The van der Waals surface area contributed by atoms with Crippen molar-refractivity contribution in [1.29, 1.82) is 0 Å². The van der Waals surface area contributed by atoms with Gasteiger partial charge in [0.15, 0.2) is 0 Å². The molecule has 0 aliphatic carbocycles. The Morgan fingerprint density at radius 2 is 0.759 bits per heavy atom. The highest BCUT2D eigenvalue weighted by Crippen LogP contribution is 2.44. The molecule has 4 nitrogen and oxygen atoms in total. The predicted molar refractivity (Wildman–Crippen MR) is 242 cm³/mol. The Labute approximate surface area is 332 Å². The molecule has 0 amide bonds. The van der Waals surface area contributed by atoms with Crippen molar-refractivity contribution in [2.45, 2.75) is 0 Å². The van der Waals surface area contributed by atoms with Crippen molar-refractivity contribution < 1.29 is 4.42 Å². The Bertz CT molecular complexity index is 3730. The first kappa shape index (κ1) is 31.4. The van der Waals surface area contributed by atoms with Gasteiger partial charge in [-0.15, -0.1) is 0 Å². The molecule has 58 heavy (non-hydrogen) atoms. The van der Waals surface area contributed by atoms with E-state index in [4.69, 9.17) is 4.42 Å². The van der Waals surface area contributed by atoms with Crippen LogP contribution < -0.4 is 0 Å². The standard InChI is InChI=1S/C54H33N3O/c1-3-13-34(14-4-1)35-23-28-49-44(31-35)42-26-27-43-45-32-37(55-47-20-10-7-17-39(47)40-18-8-11-21-48(40)55)24-29-50(45)57(54(43)53(42)56(49)36-15-5-2-6-16-36)38-25-30-52-46(33-38)41-19-9-12-22-51(41)58-52/h1-33H. The monoisotopic (exact) mass is 739 g/mol. The van der Waals surface area contributed by atoms with Crippen LogP contribution in [-0.4, -0.2) is 13.7 Å². The number of furan rings is 1. The zero-order valence-corrected chi connectivity index (χ0v) is 31.3. The first-order chi connectivity index (χ1) is 28.8. The Morgan fingerprint density at radius 1 is 0.259 bits per heavy atom. The summed E-state index contributed by atoms with van der Waals surface area (Å²) in [6, 6.07) is 72.6. The van der Waals surface area contributed by atoms with Crippen molar-refractivity contribution in [1.82, 2.24) is 13.7 Å². The van der Waals surface area contributed by atoms with Gasteiger partial charge in [0.05, 0.1) is 33.1 Å². The van der Waals surface area contributed by atoms with E-state index in [1.54, 1.807) is 0 Å². The lowest BCUT2D eigenvalue weighted by Crippen LogP contribution is -1.99. The summed E-state index contributed by atoms with van der Waals surface area (Å²) in [7, 11) is 0. The molecule has 0 saturated carbocycles. The van der Waals surface area contributed by atoms with E-state index in [2.05, 4.69) is 208 Å². The predicted octanol–water partition coefficient (Wildman–Crippen LogP) is 14.5. The van der Waals surface area contributed by atoms with Gasteiger partial charge in [0.1, 0.15) is 11.2 Å². The molecule has 0 fully saturated rings. The molecule has 13 rings (SSSR count). The molecule has 0 unspecified atom stereocenters. The zero-order valence-electron chi connectivity index (χ0n) is 31.3. The highest BCUT2D eigenvalue weighted by Gasteiger charge is 2.23. The molecule has 0 N–H and O–H groups in total. The van der Waals surface area contributed by atoms with Crippen molar-refractivity contribution >= 4 is 87.4 Å². The molecule has 4 aromatic heterocycles. The van der Waals surface area contributed by atoms with E-state index in [1.807, 2.05) is 6.07 Å². The SMILES string of the molecule is c1ccc(-c2ccc3c(c2)c2ccc4c5cc(-n6c7ccccc7c7ccccc76)ccc5n(-c5ccc6oc7ccccc7c6c5)c4c2n3-c2ccccc2)cc1. The summed E-state index contributed by atoms with van der Waals surface area (Å²) < 4.78 is 13.7. The number of fused-ring (bicyclic) bond motifs is 13. The van der Waals surface area contributed by atoms with Gasteiger partial charge in [-0.05, 0) is 90.0 Å². The molecule has 0 bridgehead atoms. The van der Waals surface area contributed by atoms with E-state index in [0.29, 0.717) is 0 Å². The number of hydrogen-bond acceptors (Lipinski definition) is 1. The molecule has 0 aliphatic heterocycles. The van der Waals surface area contributed by atoms with Crippen LogP contribution in [0.15, 0.2) is 205 Å². The van der Waals surface area contributed by atoms with Crippen molar-refractivity contribution in [2.75, 3.05) is 0 Å². The van der Waals surface area contributed by atoms with Crippen molar-refractivity contribution in [3.8, 4) is 28.2 Å². The fraction of sp³-hybridized carbons (Fsp3) is 0. The Kier molecular flexibility index (Phi) is 6.41. The Balaban J connectivity index is 1.19. The minimum Gasteiger partial charge on any atom is -0.456 e. The molecule has 0 radical (unpaired) electrons. The van der Waals surface area contributed by atoms with E-state index in [0.717, 1.165) is 44.5 Å². The van der Waals surface area contributed by atoms with Crippen LogP contribution in [0.5, 0.6) is 0 Å². The van der Waals surface area contributed by atoms with E-state index in [9.17, 15) is 0 Å². The van der Waals surface area contributed by atoms with Crippen molar-refractivity contribution in [2.24, 2.45) is 0 Å². The van der Waals surface area contributed by atoms with Crippen molar-refractivity contribution in [3.05, 3.63) is 200 Å². The number of nitrogens with zero attached hydrogens (tertiary/aromatic N) is 3. The van der Waals surface area contributed by atoms with Gasteiger partial charge in [0.25, 0.3) is 0 Å². The third kappa shape index (κ3) is 4.34. The fourth-order valence-corrected chi connectivity index (χ4v) is 9.71. The van der Waals surface area contributed by atoms with Crippen molar-refractivity contribution in [3.63, 3.8) is 0 Å². The van der Waals surface area contributed by atoms with Gasteiger partial charge in [-0.2, -0.15) is 0 Å². The fourth-order valence-electron chi connectivity index (χ4n) is 9.71. The van der Waals surface area contributed by atoms with E-state index in [-0.39, 0.29) is 0 Å². The second-order valence-electron chi connectivity index (χ2n) is 15.3. The van der Waals surface area contributed by atoms with Gasteiger partial charge in [-0.3, -0.25) is 0 Å². The van der Waals surface area contributed by atoms with E-state index < -0.39 is 0 Å². The summed E-state index contributed by atoms with van der Waals surface area (Å²) in [4.78, 5) is 0. The number of hydrogen-bond donors (Lipinski definition) is 0. The highest BCUT2D eigenvalue weighted by molar-refractivity contribution is 6.24. The Hall–Kier alpha value is -7.82. The number of aromatic nitrogens is 3. The summed E-state index contributed by atoms with van der Waals surface area (Å²) in [5, 5.41) is 9.56. The summed E-state index contributed by atoms with van der Waals surface area (Å²) >= 11 is 0. The lowest BCUT2D eigenvalue weighted by Gasteiger charge is -2.13. The second kappa shape index (κ2) is 11.8. The van der Waals surface area contributed by atoms with Crippen LogP contribution in [0.25, 0.3) is 116 Å². The summed E-state index contributed by atoms with van der Waals surface area (Å²) in [6.45, 7) is 0. The van der Waals surface area contributed by atoms with Gasteiger partial charge in [-0.1, -0.05) is 121 Å². The summed E-state index contributed by atoms with van der Waals surface area (Å²) in [6.07, 6.45) is 0. The summed E-state index contributed by atoms with van der Waals surface area (Å²) in [5.74, 6) is 0. The number of para-hydroxylation sites is 4. The molecule has 0 saturated heterocycles. The van der Waals surface area contributed by atoms with Crippen LogP contribution in [0, 0.1) is 0 Å². The van der Waals surface area contributed by atoms with Crippen LogP contribution in [0.4, 0.5) is 0 Å². The maximum atomic E-state index is 6.35. The molecule has 0 spiro atoms. The molecule has 0 aliphatic rings. The summed E-state index contributed by atoms with van der Waals surface area (Å²) in [5.41, 5.74) is 14.6. The quantitative estimate of drug-likeness (QED) is 0.177. The normalized spacial score (nSPS) is 12.1. The maximum Gasteiger partial charge on any atom is 0.135 e. The highest BCUT2D eigenvalue weighted by atomic mass is 16.3. The molecular formula is C54H33N3O. The van der Waals surface area contributed by atoms with E-state index >= 15 is 0 Å². The van der Waals surface area contributed by atoms with Crippen LogP contribution in [0.3, 0.4) is 0 Å². The van der Waals surface area contributed by atoms with Crippen LogP contribution in [0.1, 0.15) is 0 Å². The zero-order chi connectivity index (χ0) is 37.9. The average molecular weight is 740 g/mol. The third-order valence-corrected chi connectivity index (χ3v) is 12.2. The third-order valence-electron chi connectivity index (χ3n) is 12.2. The minimum absolute atomic E-state index is 0.886. The van der Waals surface area contributed by atoms with Crippen LogP contribution >= 0.6 is 0 Å². The molecule has 270 valence electrons. The second-order valence-corrected chi connectivity index (χ2v) is 15.3. The minimum atomic E-state index is 0.886. The van der Waals surface area contributed by atoms with Gasteiger partial charge in [0, 0.05) is 60.2 Å². The van der Waals surface area contributed by atoms with Crippen LogP contribution in [-0.2, 0) is 0 Å². The Morgan fingerprint density at radius 3 is 1.48 bits per heavy atom. The molecule has 9 aromatic carbocycles. The molecule has 4 heteroatoms. The smallest absolute Gasteiger partial charge is 0.135 e. The van der Waals surface area contributed by atoms with Crippen LogP contribution in [0.2, 0.25) is 0 Å². The lowest BCUT2D eigenvalue weighted by molar-refractivity contribution is 0.669. The molecule has 0 atom stereocenters. The molecule has 4 heterocycles. The van der Waals surface area contributed by atoms with Gasteiger partial charge >= 0.3 is 0 Å². The first-order valence-corrected chi connectivity index (χ1v) is 19.8. The van der Waals surface area contributed by atoms with Gasteiger partial charge in [0.2, 0.25) is 0 Å². The molecular weight excluding hydrogens is 707 g/mol. The van der Waals surface area contributed by atoms with E-state index in [1.165, 1.54) is 71.0 Å². The average Bonchev–Trinajstić information content (AvgIpc) is 4.02. The molecule has 13 aromatic rings. The first-order valence-electron chi connectivity index (χ1n) is 19.8. The number of benzene rings is 9. The lowest BCUT2D eigenvalue weighted by atomic mass is 10.0. The topological polar surface area (TPSA) is 27.9 Å². The maximum absolute atomic E-state index is 6.35. The number of rotatable bonds is 4.